The maximum Gasteiger partial charge on any atom is 0.273 e. The average molecular weight is 485 g/mol. The van der Waals surface area contributed by atoms with Crippen LogP contribution in [0, 0.1) is 6.92 Å². The number of hydrogen-bond donors (Lipinski definition) is 1. The molecule has 188 valence electrons. The van der Waals surface area contributed by atoms with Crippen LogP contribution in [0.3, 0.4) is 0 Å². The fourth-order valence-electron chi connectivity index (χ4n) is 5.76. The van der Waals surface area contributed by atoms with Gasteiger partial charge in [0.1, 0.15) is 5.69 Å². The van der Waals surface area contributed by atoms with E-state index in [1.54, 1.807) is 0 Å². The second kappa shape index (κ2) is 10.7. The van der Waals surface area contributed by atoms with E-state index in [4.69, 9.17) is 4.98 Å². The zero-order valence-electron chi connectivity index (χ0n) is 21.4. The number of aryl methyl sites for hydroxylation is 1. The molecular formula is C30H36N4O2. The average Bonchev–Trinajstić information content (AvgIpc) is 3.23. The number of carbonyl (C=O) groups excluding carboxylic acids is 2. The quantitative estimate of drug-likeness (QED) is 0.430. The van der Waals surface area contributed by atoms with Crippen molar-refractivity contribution in [1.82, 2.24) is 15.2 Å². The zero-order chi connectivity index (χ0) is 25.1. The molecule has 0 spiro atoms. The van der Waals surface area contributed by atoms with Gasteiger partial charge in [-0.05, 0) is 56.9 Å². The van der Waals surface area contributed by atoms with Crippen molar-refractivity contribution in [1.29, 1.82) is 0 Å². The van der Waals surface area contributed by atoms with Crippen molar-refractivity contribution < 1.29 is 9.59 Å². The molecule has 36 heavy (non-hydrogen) atoms. The highest BCUT2D eigenvalue weighted by atomic mass is 16.2. The third kappa shape index (κ3) is 4.81. The number of aromatic nitrogens is 1. The van der Waals surface area contributed by atoms with E-state index in [1.807, 2.05) is 29.2 Å². The largest absolute Gasteiger partial charge is 0.372 e. The molecule has 1 fully saturated rings. The maximum absolute atomic E-state index is 13.6. The SMILES string of the molecule is CCN(CCCNC(=O)c1c2c(nc3ccccc13)C(=O)N(C1CCCCC1)C2)c1cccc(C)c1. The Morgan fingerprint density at radius 3 is 2.69 bits per heavy atom. The minimum atomic E-state index is -0.109. The highest BCUT2D eigenvalue weighted by Crippen LogP contribution is 2.34. The lowest BCUT2D eigenvalue weighted by atomic mass is 9.94. The molecule has 1 aliphatic carbocycles. The first-order valence-electron chi connectivity index (χ1n) is 13.4. The van der Waals surface area contributed by atoms with Gasteiger partial charge in [0, 0.05) is 48.9 Å². The van der Waals surface area contributed by atoms with Gasteiger partial charge in [0.15, 0.2) is 0 Å². The predicted octanol–water partition coefficient (Wildman–Crippen LogP) is 5.48. The molecule has 5 rings (SSSR count). The van der Waals surface area contributed by atoms with Crippen LogP contribution in [-0.4, -0.2) is 47.4 Å². The standard InChI is InChI=1S/C30H36N4O2/c1-3-33(23-14-9-11-21(2)19-23)18-10-17-31-29(35)27-24-15-7-8-16-26(24)32-28-25(27)20-34(30(28)36)22-12-5-4-6-13-22/h7-9,11,14-16,19,22H,3-6,10,12-13,17-18,20H2,1-2H3,(H,31,35). The molecule has 0 saturated heterocycles. The smallest absolute Gasteiger partial charge is 0.273 e. The molecule has 0 unspecified atom stereocenters. The Hall–Kier alpha value is -3.41. The van der Waals surface area contributed by atoms with Crippen LogP contribution in [0.1, 0.15) is 77.4 Å². The summed E-state index contributed by atoms with van der Waals surface area (Å²) in [6.07, 6.45) is 6.47. The number of rotatable bonds is 8. The summed E-state index contributed by atoms with van der Waals surface area (Å²) in [6.45, 7) is 7.10. The molecule has 2 amide bonds. The van der Waals surface area contributed by atoms with Gasteiger partial charge >= 0.3 is 0 Å². The molecule has 3 aromatic rings. The van der Waals surface area contributed by atoms with E-state index in [1.165, 1.54) is 17.7 Å². The van der Waals surface area contributed by atoms with Gasteiger partial charge in [-0.1, -0.05) is 49.6 Å². The van der Waals surface area contributed by atoms with Gasteiger partial charge in [0.25, 0.3) is 11.8 Å². The summed E-state index contributed by atoms with van der Waals surface area (Å²) in [7, 11) is 0. The van der Waals surface area contributed by atoms with Crippen LogP contribution < -0.4 is 10.2 Å². The predicted molar refractivity (Wildman–Crippen MR) is 145 cm³/mol. The van der Waals surface area contributed by atoms with E-state index in [-0.39, 0.29) is 17.9 Å². The molecule has 0 bridgehead atoms. The lowest BCUT2D eigenvalue weighted by molar-refractivity contribution is 0.0655. The highest BCUT2D eigenvalue weighted by molar-refractivity contribution is 6.11. The van der Waals surface area contributed by atoms with Gasteiger partial charge in [-0.15, -0.1) is 0 Å². The molecule has 0 radical (unpaired) electrons. The van der Waals surface area contributed by atoms with Crippen molar-refractivity contribution >= 4 is 28.4 Å². The molecule has 1 aromatic heterocycles. The Bertz CT molecular complexity index is 1270. The molecule has 1 saturated carbocycles. The van der Waals surface area contributed by atoms with Crippen molar-refractivity contribution in [2.75, 3.05) is 24.5 Å². The minimum Gasteiger partial charge on any atom is -0.372 e. The number of fused-ring (bicyclic) bond motifs is 2. The second-order valence-electron chi connectivity index (χ2n) is 10.1. The van der Waals surface area contributed by atoms with Crippen molar-refractivity contribution in [3.8, 4) is 0 Å². The number of nitrogens with one attached hydrogen (secondary N) is 1. The van der Waals surface area contributed by atoms with E-state index >= 15 is 0 Å². The van der Waals surface area contributed by atoms with Crippen molar-refractivity contribution in [3.63, 3.8) is 0 Å². The topological polar surface area (TPSA) is 65.5 Å². The summed E-state index contributed by atoms with van der Waals surface area (Å²) in [5.41, 5.74) is 5.03. The summed E-state index contributed by atoms with van der Waals surface area (Å²) in [4.78, 5) is 35.9. The zero-order valence-corrected chi connectivity index (χ0v) is 21.4. The Balaban J connectivity index is 1.33. The third-order valence-electron chi connectivity index (χ3n) is 7.67. The fraction of sp³-hybridized carbons (Fsp3) is 0.433. The third-order valence-corrected chi connectivity index (χ3v) is 7.67. The second-order valence-corrected chi connectivity index (χ2v) is 10.1. The van der Waals surface area contributed by atoms with Crippen LogP contribution in [0.2, 0.25) is 0 Å². The number of para-hydroxylation sites is 1. The van der Waals surface area contributed by atoms with Gasteiger partial charge in [-0.25, -0.2) is 4.98 Å². The van der Waals surface area contributed by atoms with Crippen LogP contribution in [0.15, 0.2) is 48.5 Å². The number of nitrogens with zero attached hydrogens (tertiary/aromatic N) is 3. The molecule has 6 nitrogen and oxygen atoms in total. The summed E-state index contributed by atoms with van der Waals surface area (Å²) in [5, 5.41) is 3.97. The first kappa shape index (κ1) is 24.3. The van der Waals surface area contributed by atoms with Crippen molar-refractivity contribution in [3.05, 3.63) is 70.9 Å². The van der Waals surface area contributed by atoms with E-state index < -0.39 is 0 Å². The minimum absolute atomic E-state index is 0.0200. The van der Waals surface area contributed by atoms with E-state index in [0.29, 0.717) is 29.9 Å². The Kier molecular flexibility index (Phi) is 7.21. The van der Waals surface area contributed by atoms with Gasteiger partial charge in [-0.2, -0.15) is 0 Å². The summed E-state index contributed by atoms with van der Waals surface area (Å²) in [5.74, 6) is -0.129. The molecule has 1 aliphatic heterocycles. The molecule has 0 atom stereocenters. The molecular weight excluding hydrogens is 448 g/mol. The summed E-state index contributed by atoms with van der Waals surface area (Å²) in [6, 6.07) is 16.5. The van der Waals surface area contributed by atoms with Gasteiger partial charge < -0.3 is 15.1 Å². The monoisotopic (exact) mass is 484 g/mol. The molecule has 2 aromatic carbocycles. The first-order chi connectivity index (χ1) is 17.6. The van der Waals surface area contributed by atoms with Crippen LogP contribution in [0.5, 0.6) is 0 Å². The van der Waals surface area contributed by atoms with Gasteiger partial charge in [0.05, 0.1) is 11.1 Å². The highest BCUT2D eigenvalue weighted by Gasteiger charge is 2.37. The van der Waals surface area contributed by atoms with Crippen LogP contribution in [0.25, 0.3) is 10.9 Å². The normalized spacial score (nSPS) is 15.8. The van der Waals surface area contributed by atoms with E-state index in [2.05, 4.69) is 48.3 Å². The summed E-state index contributed by atoms with van der Waals surface area (Å²) < 4.78 is 0. The van der Waals surface area contributed by atoms with E-state index in [0.717, 1.165) is 56.1 Å². The number of benzene rings is 2. The molecule has 1 N–H and O–H groups in total. The number of hydrogen-bond acceptors (Lipinski definition) is 4. The molecule has 6 heteroatoms. The lowest BCUT2D eigenvalue weighted by Gasteiger charge is -2.30. The number of pyridine rings is 1. The number of anilines is 1. The number of amides is 2. The number of carbonyl (C=O) groups is 2. The van der Waals surface area contributed by atoms with Gasteiger partial charge in [-0.3, -0.25) is 9.59 Å². The maximum atomic E-state index is 13.6. The Morgan fingerprint density at radius 2 is 1.92 bits per heavy atom. The van der Waals surface area contributed by atoms with Crippen molar-refractivity contribution in [2.45, 2.75) is 65.0 Å². The molecule has 2 aliphatic rings. The van der Waals surface area contributed by atoms with Crippen LogP contribution in [0.4, 0.5) is 5.69 Å². The van der Waals surface area contributed by atoms with E-state index in [9.17, 15) is 9.59 Å². The first-order valence-corrected chi connectivity index (χ1v) is 13.4. The van der Waals surface area contributed by atoms with Crippen molar-refractivity contribution in [2.24, 2.45) is 0 Å². The fourth-order valence-corrected chi connectivity index (χ4v) is 5.76. The Morgan fingerprint density at radius 1 is 1.11 bits per heavy atom. The Labute approximate surface area is 213 Å². The lowest BCUT2D eigenvalue weighted by Crippen LogP contribution is -2.37. The molecule has 2 heterocycles. The summed E-state index contributed by atoms with van der Waals surface area (Å²) >= 11 is 0. The van der Waals surface area contributed by atoms with Gasteiger partial charge in [0.2, 0.25) is 0 Å². The van der Waals surface area contributed by atoms with Crippen LogP contribution >= 0.6 is 0 Å². The van der Waals surface area contributed by atoms with Crippen LogP contribution in [-0.2, 0) is 6.54 Å².